The summed E-state index contributed by atoms with van der Waals surface area (Å²) >= 11 is 5.28. The molecule has 0 unspecified atom stereocenters. The van der Waals surface area contributed by atoms with Gasteiger partial charge >= 0.3 is 0 Å². The van der Waals surface area contributed by atoms with Gasteiger partial charge in [-0.1, -0.05) is 12.1 Å². The van der Waals surface area contributed by atoms with Crippen LogP contribution in [0, 0.1) is 10.6 Å². The fourth-order valence-electron chi connectivity index (χ4n) is 3.22. The second-order valence-electron chi connectivity index (χ2n) is 7.19. The predicted molar refractivity (Wildman–Crippen MR) is 121 cm³/mol. The maximum absolute atomic E-state index is 14.2. The van der Waals surface area contributed by atoms with Crippen LogP contribution in [0.4, 0.5) is 4.39 Å². The van der Waals surface area contributed by atoms with Gasteiger partial charge in [0.1, 0.15) is 5.82 Å². The number of aromatic amines is 1. The molecule has 0 aliphatic rings. The molecule has 1 amide bonds. The molecule has 0 aliphatic carbocycles. The molecule has 1 heterocycles. The molecular formula is C22H25FN4O3S. The van der Waals surface area contributed by atoms with Crippen LogP contribution < -0.4 is 10.9 Å². The van der Waals surface area contributed by atoms with Crippen LogP contribution in [0.3, 0.4) is 0 Å². The highest BCUT2D eigenvalue weighted by Gasteiger charge is 2.13. The van der Waals surface area contributed by atoms with Crippen molar-refractivity contribution in [1.82, 2.24) is 19.8 Å². The van der Waals surface area contributed by atoms with Crippen LogP contribution in [0.2, 0.25) is 0 Å². The topological polar surface area (TPSA) is 79.4 Å². The van der Waals surface area contributed by atoms with Gasteiger partial charge in [-0.2, -0.15) is 0 Å². The Balaban J connectivity index is 1.75. The van der Waals surface area contributed by atoms with Gasteiger partial charge in [0.15, 0.2) is 4.77 Å². The van der Waals surface area contributed by atoms with Crippen molar-refractivity contribution in [2.24, 2.45) is 0 Å². The molecule has 0 saturated carbocycles. The molecule has 0 fully saturated rings. The Morgan fingerprint density at radius 1 is 1.26 bits per heavy atom. The van der Waals surface area contributed by atoms with E-state index in [2.05, 4.69) is 15.2 Å². The molecule has 164 valence electrons. The third kappa shape index (κ3) is 5.43. The quantitative estimate of drug-likeness (QED) is 0.392. The first-order valence-corrected chi connectivity index (χ1v) is 10.3. The first kappa shape index (κ1) is 22.8. The van der Waals surface area contributed by atoms with Crippen LogP contribution in [-0.2, 0) is 4.74 Å². The number of likely N-dealkylation sites (N-methyl/N-ethyl adjacent to an activating group) is 1. The summed E-state index contributed by atoms with van der Waals surface area (Å²) in [4.78, 5) is 30.5. The van der Waals surface area contributed by atoms with Crippen molar-refractivity contribution >= 4 is 29.0 Å². The van der Waals surface area contributed by atoms with Gasteiger partial charge in [0.25, 0.3) is 11.5 Å². The number of halogens is 1. The fourth-order valence-corrected chi connectivity index (χ4v) is 3.51. The monoisotopic (exact) mass is 444 g/mol. The van der Waals surface area contributed by atoms with E-state index in [1.165, 1.54) is 12.1 Å². The summed E-state index contributed by atoms with van der Waals surface area (Å²) in [5, 5.41) is 3.19. The van der Waals surface area contributed by atoms with E-state index in [0.29, 0.717) is 29.6 Å². The number of H-pyrrole nitrogens is 1. The zero-order valence-electron chi connectivity index (χ0n) is 17.5. The summed E-state index contributed by atoms with van der Waals surface area (Å²) in [6.45, 7) is 2.86. The first-order chi connectivity index (χ1) is 14.9. The van der Waals surface area contributed by atoms with Crippen molar-refractivity contribution in [3.8, 4) is 5.69 Å². The number of carbonyl (C=O) groups excluding carboxylic acids is 1. The van der Waals surface area contributed by atoms with Gasteiger partial charge in [-0.3, -0.25) is 9.59 Å². The number of carbonyl (C=O) groups is 1. The molecule has 0 spiro atoms. The molecule has 3 aromatic rings. The maximum atomic E-state index is 14.2. The summed E-state index contributed by atoms with van der Waals surface area (Å²) in [6, 6.07) is 10.6. The molecule has 0 atom stereocenters. The standard InChI is InChI=1S/C22H25FN4O3S/c1-26(12-13-30-2)11-5-10-24-20(28)15-8-9-16-18(14-15)25-22(31)27(21(16)29)19-7-4-3-6-17(19)23/h3-4,6-9,14H,5,10-13H2,1-2H3,(H,24,28)(H,25,31). The van der Waals surface area contributed by atoms with E-state index in [-0.39, 0.29) is 16.4 Å². The van der Waals surface area contributed by atoms with E-state index in [4.69, 9.17) is 17.0 Å². The number of nitrogens with one attached hydrogen (secondary N) is 2. The average molecular weight is 445 g/mol. The van der Waals surface area contributed by atoms with E-state index >= 15 is 0 Å². The van der Waals surface area contributed by atoms with Crippen LogP contribution in [-0.4, -0.2) is 60.8 Å². The Bertz CT molecular complexity index is 1190. The van der Waals surface area contributed by atoms with Crippen molar-refractivity contribution in [2.75, 3.05) is 40.4 Å². The number of benzene rings is 2. The minimum atomic E-state index is -0.549. The van der Waals surface area contributed by atoms with E-state index in [0.717, 1.165) is 24.1 Å². The number of nitrogens with zero attached hydrogens (tertiary/aromatic N) is 2. The van der Waals surface area contributed by atoms with Crippen LogP contribution in [0.5, 0.6) is 0 Å². The normalized spacial score (nSPS) is 11.2. The molecule has 9 heteroatoms. The zero-order valence-corrected chi connectivity index (χ0v) is 18.3. The second-order valence-corrected chi connectivity index (χ2v) is 7.57. The third-order valence-electron chi connectivity index (χ3n) is 4.93. The number of fused-ring (bicyclic) bond motifs is 1. The molecule has 1 aromatic heterocycles. The average Bonchev–Trinajstić information content (AvgIpc) is 2.76. The fraction of sp³-hybridized carbons (Fsp3) is 0.318. The van der Waals surface area contributed by atoms with Gasteiger partial charge in [-0.15, -0.1) is 0 Å². The number of para-hydroxylation sites is 1. The molecule has 2 N–H and O–H groups in total. The number of hydrogen-bond acceptors (Lipinski definition) is 5. The Labute approximate surface area is 184 Å². The minimum Gasteiger partial charge on any atom is -0.383 e. The lowest BCUT2D eigenvalue weighted by atomic mass is 10.1. The lowest BCUT2D eigenvalue weighted by Gasteiger charge is -2.15. The summed E-state index contributed by atoms with van der Waals surface area (Å²) in [5.74, 6) is -0.786. The first-order valence-electron chi connectivity index (χ1n) is 9.92. The lowest BCUT2D eigenvalue weighted by Crippen LogP contribution is -2.29. The van der Waals surface area contributed by atoms with Gasteiger partial charge in [0, 0.05) is 25.8 Å². The smallest absolute Gasteiger partial charge is 0.266 e. The number of rotatable bonds is 9. The van der Waals surface area contributed by atoms with Crippen molar-refractivity contribution in [1.29, 1.82) is 0 Å². The highest BCUT2D eigenvalue weighted by Crippen LogP contribution is 2.15. The molecule has 3 rings (SSSR count). The highest BCUT2D eigenvalue weighted by molar-refractivity contribution is 7.71. The van der Waals surface area contributed by atoms with Crippen molar-refractivity contribution in [2.45, 2.75) is 6.42 Å². The SMILES string of the molecule is COCCN(C)CCCNC(=O)c1ccc2c(=O)n(-c3ccccc3F)c(=S)[nH]c2c1. The Morgan fingerprint density at radius 3 is 2.77 bits per heavy atom. The minimum absolute atomic E-state index is 0.0549. The Morgan fingerprint density at radius 2 is 2.03 bits per heavy atom. The van der Waals surface area contributed by atoms with Gasteiger partial charge in [0.2, 0.25) is 0 Å². The number of hydrogen-bond donors (Lipinski definition) is 2. The summed E-state index contributed by atoms with van der Waals surface area (Å²) in [7, 11) is 3.67. The maximum Gasteiger partial charge on any atom is 0.266 e. The summed E-state index contributed by atoms with van der Waals surface area (Å²) in [5.41, 5.74) is 0.464. The molecule has 0 radical (unpaired) electrons. The molecule has 31 heavy (non-hydrogen) atoms. The van der Waals surface area contributed by atoms with Gasteiger partial charge < -0.3 is 19.9 Å². The second kappa shape index (κ2) is 10.4. The van der Waals surface area contributed by atoms with Crippen LogP contribution in [0.15, 0.2) is 47.3 Å². The van der Waals surface area contributed by atoms with Gasteiger partial charge in [-0.25, -0.2) is 8.96 Å². The van der Waals surface area contributed by atoms with E-state index in [1.54, 1.807) is 37.4 Å². The predicted octanol–water partition coefficient (Wildman–Crippen LogP) is 2.89. The van der Waals surface area contributed by atoms with Crippen LogP contribution in [0.25, 0.3) is 16.6 Å². The molecule has 0 aliphatic heterocycles. The molecular weight excluding hydrogens is 419 g/mol. The third-order valence-corrected chi connectivity index (χ3v) is 5.22. The Kier molecular flexibility index (Phi) is 7.67. The van der Waals surface area contributed by atoms with Crippen molar-refractivity contribution in [3.63, 3.8) is 0 Å². The molecule has 7 nitrogen and oxygen atoms in total. The molecule has 0 bridgehead atoms. The van der Waals surface area contributed by atoms with Crippen molar-refractivity contribution < 1.29 is 13.9 Å². The number of aromatic nitrogens is 2. The van der Waals surface area contributed by atoms with Gasteiger partial charge in [-0.05, 0) is 62.6 Å². The Hall–Kier alpha value is -2.88. The van der Waals surface area contributed by atoms with Gasteiger partial charge in [0.05, 0.1) is 23.2 Å². The van der Waals surface area contributed by atoms with E-state index in [1.807, 2.05) is 7.05 Å². The summed E-state index contributed by atoms with van der Waals surface area (Å²) < 4.78 is 20.4. The van der Waals surface area contributed by atoms with Crippen LogP contribution in [0.1, 0.15) is 16.8 Å². The van der Waals surface area contributed by atoms with E-state index < -0.39 is 11.4 Å². The summed E-state index contributed by atoms with van der Waals surface area (Å²) in [6.07, 6.45) is 0.801. The van der Waals surface area contributed by atoms with Crippen LogP contribution >= 0.6 is 12.2 Å². The van der Waals surface area contributed by atoms with E-state index in [9.17, 15) is 14.0 Å². The highest BCUT2D eigenvalue weighted by atomic mass is 32.1. The van der Waals surface area contributed by atoms with Crippen molar-refractivity contribution in [3.05, 3.63) is 69.0 Å². The number of amides is 1. The lowest BCUT2D eigenvalue weighted by molar-refractivity contribution is 0.0951. The number of ether oxygens (including phenoxy) is 1. The zero-order chi connectivity index (χ0) is 22.4. The number of methoxy groups -OCH3 is 1. The molecule has 0 saturated heterocycles. The molecule has 2 aromatic carbocycles. The largest absolute Gasteiger partial charge is 0.383 e.